The highest BCUT2D eigenvalue weighted by Gasteiger charge is 2.25. The fourth-order valence-electron chi connectivity index (χ4n) is 5.33. The van der Waals surface area contributed by atoms with Gasteiger partial charge in [-0.15, -0.1) is 0 Å². The van der Waals surface area contributed by atoms with E-state index in [1.165, 1.54) is 23.4 Å². The van der Waals surface area contributed by atoms with Crippen LogP contribution in [-0.2, 0) is 11.3 Å². The minimum absolute atomic E-state index is 0.353. The van der Waals surface area contributed by atoms with Gasteiger partial charge >= 0.3 is 5.97 Å². The number of benzene rings is 3. The second kappa shape index (κ2) is 8.71. The summed E-state index contributed by atoms with van der Waals surface area (Å²) in [6.45, 7) is 6.65. The van der Waals surface area contributed by atoms with E-state index in [9.17, 15) is 4.79 Å². The first kappa shape index (κ1) is 21.6. The van der Waals surface area contributed by atoms with Crippen LogP contribution >= 0.6 is 0 Å². The van der Waals surface area contributed by atoms with Gasteiger partial charge in [-0.05, 0) is 47.0 Å². The molecule has 0 spiro atoms. The number of hydrogen-bond donors (Lipinski definition) is 0. The maximum atomic E-state index is 12.6. The lowest BCUT2D eigenvalue weighted by Crippen LogP contribution is -2.46. The number of pyridine rings is 1. The number of ether oxygens (including phenoxy) is 1. The maximum Gasteiger partial charge on any atom is 0.341 e. The minimum Gasteiger partial charge on any atom is -0.465 e. The second-order valence-electron chi connectivity index (χ2n) is 9.21. The average Bonchev–Trinajstić information content (AvgIpc) is 3.28. The number of carbonyl (C=O) groups is 1. The zero-order valence-corrected chi connectivity index (χ0v) is 20.1. The summed E-state index contributed by atoms with van der Waals surface area (Å²) in [7, 11) is 1.42. The summed E-state index contributed by atoms with van der Waals surface area (Å²) in [6.07, 6.45) is 0. The van der Waals surface area contributed by atoms with E-state index in [4.69, 9.17) is 9.72 Å². The Balaban J connectivity index is 1.32. The smallest absolute Gasteiger partial charge is 0.341 e. The van der Waals surface area contributed by atoms with Crippen molar-refractivity contribution in [2.24, 2.45) is 0 Å². The van der Waals surface area contributed by atoms with Gasteiger partial charge in [0.15, 0.2) is 5.65 Å². The molecule has 0 atom stereocenters. The summed E-state index contributed by atoms with van der Waals surface area (Å²) >= 11 is 0. The van der Waals surface area contributed by atoms with Crippen LogP contribution in [0.4, 0.5) is 5.82 Å². The number of methoxy groups -OCH3 is 1. The first-order chi connectivity index (χ1) is 17.1. The highest BCUT2D eigenvalue weighted by Crippen LogP contribution is 2.30. The Hall–Kier alpha value is -3.90. The van der Waals surface area contributed by atoms with E-state index in [1.54, 1.807) is 0 Å². The lowest BCUT2D eigenvalue weighted by Gasteiger charge is -2.36. The summed E-state index contributed by atoms with van der Waals surface area (Å²) in [5.41, 5.74) is 5.32. The molecule has 0 aliphatic carbocycles. The highest BCUT2D eigenvalue weighted by atomic mass is 16.5. The van der Waals surface area contributed by atoms with E-state index in [2.05, 4.69) is 68.8 Å². The van der Waals surface area contributed by atoms with E-state index in [0.29, 0.717) is 11.2 Å². The van der Waals surface area contributed by atoms with Crippen LogP contribution in [0.15, 0.2) is 72.8 Å². The highest BCUT2D eigenvalue weighted by molar-refractivity contribution is 6.00. The van der Waals surface area contributed by atoms with Crippen molar-refractivity contribution >= 4 is 39.2 Å². The number of fused-ring (bicyclic) bond motifs is 4. The number of aryl methyl sites for hydroxylation is 1. The summed E-state index contributed by atoms with van der Waals surface area (Å²) in [4.78, 5) is 22.4. The molecule has 0 bridgehead atoms. The molecule has 0 N–H and O–H groups in total. The molecule has 2 aromatic heterocycles. The fraction of sp³-hybridized carbons (Fsp3) is 0.241. The van der Waals surface area contributed by atoms with Gasteiger partial charge < -0.3 is 9.64 Å². The van der Waals surface area contributed by atoms with Crippen molar-refractivity contribution in [3.8, 4) is 0 Å². The van der Waals surface area contributed by atoms with E-state index in [0.717, 1.165) is 55.1 Å². The van der Waals surface area contributed by atoms with Crippen LogP contribution in [0.3, 0.4) is 0 Å². The Morgan fingerprint density at radius 1 is 0.943 bits per heavy atom. The third kappa shape index (κ3) is 3.70. The van der Waals surface area contributed by atoms with Crippen LogP contribution in [0.5, 0.6) is 0 Å². The average molecular weight is 465 g/mol. The number of esters is 1. The number of nitrogens with zero attached hydrogens (tertiary/aromatic N) is 4. The maximum absolute atomic E-state index is 12.6. The van der Waals surface area contributed by atoms with Gasteiger partial charge in [-0.1, -0.05) is 54.6 Å². The molecule has 1 aliphatic heterocycles. The number of anilines is 1. The van der Waals surface area contributed by atoms with Gasteiger partial charge in [0.25, 0.3) is 0 Å². The predicted molar refractivity (Wildman–Crippen MR) is 140 cm³/mol. The number of rotatable bonds is 4. The summed E-state index contributed by atoms with van der Waals surface area (Å²) < 4.78 is 7.22. The molecule has 1 aliphatic rings. The molecule has 0 amide bonds. The molecule has 3 heterocycles. The SMILES string of the molecule is COC(=O)c1c(C)cc(N2CCN(Cc3cccc4ccccc34)CC2)n2c1nc1ccccc12. The molecule has 6 nitrogen and oxygen atoms in total. The van der Waals surface area contributed by atoms with Crippen LogP contribution in [0.1, 0.15) is 21.5 Å². The molecular formula is C29H28N4O2. The van der Waals surface area contributed by atoms with E-state index in [-0.39, 0.29) is 5.97 Å². The Kier molecular flexibility index (Phi) is 5.38. The van der Waals surface area contributed by atoms with Crippen LogP contribution in [0.2, 0.25) is 0 Å². The van der Waals surface area contributed by atoms with Gasteiger partial charge in [-0.2, -0.15) is 0 Å². The number of carbonyl (C=O) groups excluding carboxylic acids is 1. The monoisotopic (exact) mass is 464 g/mol. The van der Waals surface area contributed by atoms with Crippen molar-refractivity contribution in [3.63, 3.8) is 0 Å². The normalized spacial score (nSPS) is 14.7. The predicted octanol–water partition coefficient (Wildman–Crippen LogP) is 5.06. The van der Waals surface area contributed by atoms with Crippen molar-refractivity contribution < 1.29 is 9.53 Å². The van der Waals surface area contributed by atoms with Crippen molar-refractivity contribution in [1.29, 1.82) is 0 Å². The molecule has 1 saturated heterocycles. The van der Waals surface area contributed by atoms with Crippen molar-refractivity contribution in [1.82, 2.24) is 14.3 Å². The van der Waals surface area contributed by atoms with Gasteiger partial charge in [0.1, 0.15) is 11.4 Å². The first-order valence-corrected chi connectivity index (χ1v) is 12.1. The Labute approximate surface area is 204 Å². The standard InChI is InChI=1S/C29H28N4O2/c1-20-18-26(33-25-13-6-5-12-24(25)30-28(33)27(20)29(34)35-2)32-16-14-31(15-17-32)19-22-10-7-9-21-8-3-4-11-23(21)22/h3-13,18H,14-17,19H2,1-2H3. The summed E-state index contributed by atoms with van der Waals surface area (Å²) in [6, 6.07) is 25.3. The molecule has 6 heteroatoms. The molecule has 35 heavy (non-hydrogen) atoms. The third-order valence-electron chi connectivity index (χ3n) is 7.11. The first-order valence-electron chi connectivity index (χ1n) is 12.1. The van der Waals surface area contributed by atoms with Crippen molar-refractivity contribution in [2.45, 2.75) is 13.5 Å². The third-order valence-corrected chi connectivity index (χ3v) is 7.11. The summed E-state index contributed by atoms with van der Waals surface area (Å²) in [5, 5.41) is 2.62. The van der Waals surface area contributed by atoms with E-state index >= 15 is 0 Å². The number of piperazine rings is 1. The fourth-order valence-corrected chi connectivity index (χ4v) is 5.33. The molecule has 0 radical (unpaired) electrons. The molecule has 0 saturated carbocycles. The molecule has 5 aromatic rings. The van der Waals surface area contributed by atoms with Gasteiger partial charge in [-0.3, -0.25) is 9.30 Å². The molecule has 3 aromatic carbocycles. The quantitative estimate of drug-likeness (QED) is 0.348. The molecule has 6 rings (SSSR count). The Morgan fingerprint density at radius 3 is 2.51 bits per heavy atom. The van der Waals surface area contributed by atoms with Crippen molar-refractivity contribution in [3.05, 3.63) is 89.5 Å². The van der Waals surface area contributed by atoms with Gasteiger partial charge in [-0.25, -0.2) is 9.78 Å². The summed E-state index contributed by atoms with van der Waals surface area (Å²) in [5.74, 6) is 0.720. The van der Waals surface area contributed by atoms with Crippen LogP contribution in [0.25, 0.3) is 27.5 Å². The van der Waals surface area contributed by atoms with Crippen LogP contribution in [0, 0.1) is 6.92 Å². The van der Waals surface area contributed by atoms with Crippen LogP contribution < -0.4 is 4.90 Å². The number of imidazole rings is 1. The van der Waals surface area contributed by atoms with Gasteiger partial charge in [0, 0.05) is 32.7 Å². The largest absolute Gasteiger partial charge is 0.465 e. The molecular weight excluding hydrogens is 436 g/mol. The van der Waals surface area contributed by atoms with E-state index in [1.807, 2.05) is 25.1 Å². The van der Waals surface area contributed by atoms with E-state index < -0.39 is 0 Å². The lowest BCUT2D eigenvalue weighted by atomic mass is 10.0. The Morgan fingerprint density at radius 2 is 1.69 bits per heavy atom. The zero-order chi connectivity index (χ0) is 23.9. The topological polar surface area (TPSA) is 50.1 Å². The number of para-hydroxylation sites is 2. The van der Waals surface area contributed by atoms with Crippen molar-refractivity contribution in [2.75, 3.05) is 38.2 Å². The van der Waals surface area contributed by atoms with Gasteiger partial charge in [0.2, 0.25) is 0 Å². The molecule has 0 unspecified atom stereocenters. The molecule has 176 valence electrons. The zero-order valence-electron chi connectivity index (χ0n) is 20.1. The minimum atomic E-state index is -0.353. The Bertz CT molecular complexity index is 1560. The second-order valence-corrected chi connectivity index (χ2v) is 9.21. The lowest BCUT2D eigenvalue weighted by molar-refractivity contribution is 0.0601. The number of hydrogen-bond acceptors (Lipinski definition) is 5. The number of aromatic nitrogens is 2. The van der Waals surface area contributed by atoms with Gasteiger partial charge in [0.05, 0.1) is 18.1 Å². The molecule has 1 fully saturated rings. The van der Waals surface area contributed by atoms with Crippen LogP contribution in [-0.4, -0.2) is 53.5 Å².